The molecule has 0 aromatic carbocycles. The molecule has 1 atom stereocenters. The lowest BCUT2D eigenvalue weighted by molar-refractivity contribution is -0.161. The Labute approximate surface area is 282 Å². The summed E-state index contributed by atoms with van der Waals surface area (Å²) in [5, 5.41) is 0. The van der Waals surface area contributed by atoms with Crippen LogP contribution in [0.15, 0.2) is 12.2 Å². The van der Waals surface area contributed by atoms with E-state index in [0.717, 1.165) is 57.8 Å². The summed E-state index contributed by atoms with van der Waals surface area (Å²) < 4.78 is 26.3. The number of phosphoric ester groups is 1. The second-order valence-corrected chi connectivity index (χ2v) is 14.1. The largest absolute Gasteiger partial charge is 0.469 e. The van der Waals surface area contributed by atoms with Gasteiger partial charge in [-0.1, -0.05) is 154 Å². The number of hydrogen-bond acceptors (Lipinski definition) is 6. The third kappa shape index (κ3) is 35.6. The maximum atomic E-state index is 12.3. The van der Waals surface area contributed by atoms with Crippen LogP contribution in [0.2, 0.25) is 0 Å². The average molecular weight is 675 g/mol. The minimum atomic E-state index is -4.74. The molecule has 8 nitrogen and oxygen atoms in total. The fourth-order valence-electron chi connectivity index (χ4n) is 5.43. The topological polar surface area (TPSA) is 119 Å². The van der Waals surface area contributed by atoms with Crippen molar-refractivity contribution < 1.29 is 37.9 Å². The third-order valence-electron chi connectivity index (χ3n) is 8.28. The van der Waals surface area contributed by atoms with Gasteiger partial charge in [-0.15, -0.1) is 0 Å². The SMILES string of the molecule is CCCCCCCC/C=C/CCCCCCCC(=O)OC[C@H](COP(=O)(O)O)OC(=O)CCCCCCCCCCCCCCC. The molecule has 0 spiro atoms. The number of ether oxygens (including phenoxy) is 2. The van der Waals surface area contributed by atoms with Crippen LogP contribution < -0.4 is 0 Å². The van der Waals surface area contributed by atoms with Crippen LogP contribution in [0.1, 0.15) is 194 Å². The molecule has 0 radical (unpaired) electrons. The number of carbonyl (C=O) groups is 2. The summed E-state index contributed by atoms with van der Waals surface area (Å²) in [5.41, 5.74) is 0. The summed E-state index contributed by atoms with van der Waals surface area (Å²) in [7, 11) is -4.74. The van der Waals surface area contributed by atoms with Gasteiger partial charge in [0, 0.05) is 12.8 Å². The van der Waals surface area contributed by atoms with E-state index in [1.54, 1.807) is 0 Å². The van der Waals surface area contributed by atoms with Gasteiger partial charge in [-0.2, -0.15) is 0 Å². The number of allylic oxidation sites excluding steroid dienone is 2. The van der Waals surface area contributed by atoms with Crippen LogP contribution in [0.25, 0.3) is 0 Å². The van der Waals surface area contributed by atoms with Crippen molar-refractivity contribution in [2.45, 2.75) is 200 Å². The Kier molecular flexibility index (Phi) is 32.8. The van der Waals surface area contributed by atoms with Crippen LogP contribution in [0.5, 0.6) is 0 Å². The lowest BCUT2D eigenvalue weighted by Gasteiger charge is -2.18. The molecule has 0 heterocycles. The third-order valence-corrected chi connectivity index (χ3v) is 8.77. The zero-order chi connectivity index (χ0) is 34.0. The second kappa shape index (κ2) is 33.7. The predicted octanol–water partition coefficient (Wildman–Crippen LogP) is 11.1. The van der Waals surface area contributed by atoms with Gasteiger partial charge >= 0.3 is 19.8 Å². The van der Waals surface area contributed by atoms with E-state index in [1.807, 2.05) is 0 Å². The molecule has 272 valence electrons. The lowest BCUT2D eigenvalue weighted by Crippen LogP contribution is -2.29. The number of hydrogen-bond donors (Lipinski definition) is 2. The number of unbranched alkanes of at least 4 members (excludes halogenated alkanes) is 23. The van der Waals surface area contributed by atoms with Gasteiger partial charge in [0.05, 0.1) is 6.61 Å². The minimum Gasteiger partial charge on any atom is -0.462 e. The molecule has 2 N–H and O–H groups in total. The van der Waals surface area contributed by atoms with Gasteiger partial charge < -0.3 is 19.3 Å². The van der Waals surface area contributed by atoms with E-state index in [-0.39, 0.29) is 19.4 Å². The fraction of sp³-hybridized carbons (Fsp3) is 0.892. The van der Waals surface area contributed by atoms with Crippen molar-refractivity contribution in [1.29, 1.82) is 0 Å². The minimum absolute atomic E-state index is 0.215. The molecule has 0 rings (SSSR count). The van der Waals surface area contributed by atoms with Gasteiger partial charge in [-0.3, -0.25) is 14.1 Å². The molecule has 0 saturated heterocycles. The Bertz CT molecular complexity index is 766. The summed E-state index contributed by atoms with van der Waals surface area (Å²) in [5.74, 6) is -0.887. The van der Waals surface area contributed by atoms with Crippen LogP contribution >= 0.6 is 7.82 Å². The summed E-state index contributed by atoms with van der Waals surface area (Å²) >= 11 is 0. The van der Waals surface area contributed by atoms with E-state index in [4.69, 9.17) is 19.3 Å². The highest BCUT2D eigenvalue weighted by Crippen LogP contribution is 2.36. The van der Waals surface area contributed by atoms with Crippen LogP contribution in [-0.4, -0.2) is 41.0 Å². The van der Waals surface area contributed by atoms with Gasteiger partial charge in [0.1, 0.15) is 6.61 Å². The molecular weight excluding hydrogens is 603 g/mol. The molecular formula is C37H71O8P. The summed E-state index contributed by atoms with van der Waals surface area (Å²) in [6, 6.07) is 0. The standard InChI is InChI=1S/C37H71O8P/c1-3-5-7-9-11-13-15-17-18-20-21-23-25-27-29-31-36(38)43-33-35(34-44-46(40,41)42)45-37(39)32-30-28-26-24-22-19-16-14-12-10-8-6-4-2/h17-18,35H,3-16,19-34H2,1-2H3,(H2,40,41,42)/b18-17+/t35-/m1/s1. The molecule has 0 aromatic heterocycles. The van der Waals surface area contributed by atoms with Crippen LogP contribution in [0.3, 0.4) is 0 Å². The first-order valence-electron chi connectivity index (χ1n) is 19.0. The van der Waals surface area contributed by atoms with Crippen molar-refractivity contribution in [3.05, 3.63) is 12.2 Å². The van der Waals surface area contributed by atoms with Crippen LogP contribution in [-0.2, 0) is 28.2 Å². The van der Waals surface area contributed by atoms with Crippen molar-refractivity contribution >= 4 is 19.8 Å². The molecule has 0 saturated carbocycles. The first-order chi connectivity index (χ1) is 22.3. The highest BCUT2D eigenvalue weighted by Gasteiger charge is 2.22. The first-order valence-corrected chi connectivity index (χ1v) is 20.5. The molecule has 0 fully saturated rings. The van der Waals surface area contributed by atoms with Crippen molar-refractivity contribution in [3.63, 3.8) is 0 Å². The molecule has 0 aliphatic carbocycles. The molecule has 46 heavy (non-hydrogen) atoms. The van der Waals surface area contributed by atoms with Gasteiger partial charge in [-0.05, 0) is 38.5 Å². The maximum absolute atomic E-state index is 12.3. The molecule has 0 amide bonds. The van der Waals surface area contributed by atoms with Gasteiger partial charge in [-0.25, -0.2) is 4.57 Å². The highest BCUT2D eigenvalue weighted by molar-refractivity contribution is 7.46. The van der Waals surface area contributed by atoms with Gasteiger partial charge in [0.25, 0.3) is 0 Å². The molecule has 0 bridgehead atoms. The van der Waals surface area contributed by atoms with E-state index in [9.17, 15) is 14.2 Å². The molecule has 9 heteroatoms. The second-order valence-electron chi connectivity index (χ2n) is 12.9. The van der Waals surface area contributed by atoms with Crippen molar-refractivity contribution in [1.82, 2.24) is 0 Å². The van der Waals surface area contributed by atoms with Crippen molar-refractivity contribution in [2.24, 2.45) is 0 Å². The molecule has 0 aliphatic heterocycles. The zero-order valence-electron chi connectivity index (χ0n) is 29.7. The summed E-state index contributed by atoms with van der Waals surface area (Å²) in [6.07, 6.45) is 35.0. The fourth-order valence-corrected chi connectivity index (χ4v) is 5.79. The van der Waals surface area contributed by atoms with Crippen molar-refractivity contribution in [2.75, 3.05) is 13.2 Å². The predicted molar refractivity (Wildman–Crippen MR) is 189 cm³/mol. The van der Waals surface area contributed by atoms with Crippen molar-refractivity contribution in [3.8, 4) is 0 Å². The Morgan fingerprint density at radius 2 is 0.913 bits per heavy atom. The van der Waals surface area contributed by atoms with E-state index in [0.29, 0.717) is 6.42 Å². The van der Waals surface area contributed by atoms with E-state index in [2.05, 4.69) is 30.5 Å². The Morgan fingerprint density at radius 1 is 0.543 bits per heavy atom. The Balaban J connectivity index is 3.95. The molecule has 0 aromatic rings. The number of carbonyl (C=O) groups excluding carboxylic acids is 2. The highest BCUT2D eigenvalue weighted by atomic mass is 31.2. The normalized spacial score (nSPS) is 12.5. The summed E-state index contributed by atoms with van der Waals surface area (Å²) in [6.45, 7) is 3.67. The number of phosphoric acid groups is 1. The lowest BCUT2D eigenvalue weighted by atomic mass is 10.0. The maximum Gasteiger partial charge on any atom is 0.469 e. The van der Waals surface area contributed by atoms with E-state index < -0.39 is 32.5 Å². The number of esters is 2. The number of rotatable bonds is 35. The average Bonchev–Trinajstić information content (AvgIpc) is 3.02. The molecule has 0 aliphatic rings. The summed E-state index contributed by atoms with van der Waals surface area (Å²) in [4.78, 5) is 42.7. The smallest absolute Gasteiger partial charge is 0.462 e. The van der Waals surface area contributed by atoms with Gasteiger partial charge in [0.15, 0.2) is 6.10 Å². The quantitative estimate of drug-likeness (QED) is 0.0295. The van der Waals surface area contributed by atoms with Gasteiger partial charge in [0.2, 0.25) is 0 Å². The van der Waals surface area contributed by atoms with Crippen LogP contribution in [0, 0.1) is 0 Å². The van der Waals surface area contributed by atoms with E-state index >= 15 is 0 Å². The first kappa shape index (κ1) is 44.8. The Hall–Kier alpha value is -1.21. The monoisotopic (exact) mass is 674 g/mol. The van der Waals surface area contributed by atoms with E-state index in [1.165, 1.54) is 103 Å². The van der Waals surface area contributed by atoms with Crippen LogP contribution in [0.4, 0.5) is 0 Å². The molecule has 0 unspecified atom stereocenters. The zero-order valence-corrected chi connectivity index (χ0v) is 30.6. The Morgan fingerprint density at radius 3 is 1.33 bits per heavy atom.